The Hall–Kier alpha value is -3.48. The van der Waals surface area contributed by atoms with Crippen LogP contribution in [0.3, 0.4) is 0 Å². The lowest BCUT2D eigenvalue weighted by molar-refractivity contribution is 0.0998. The molecule has 1 aromatic heterocycles. The van der Waals surface area contributed by atoms with E-state index in [0.29, 0.717) is 30.1 Å². The topological polar surface area (TPSA) is 83.8 Å². The molecule has 0 unspecified atom stereocenters. The molecular weight excluding hydrogens is 346 g/mol. The van der Waals surface area contributed by atoms with Crippen molar-refractivity contribution in [3.8, 4) is 5.75 Å². The van der Waals surface area contributed by atoms with Gasteiger partial charge in [0.05, 0.1) is 7.11 Å². The Morgan fingerprint density at radius 2 is 2.11 bits per heavy atom. The van der Waals surface area contributed by atoms with Crippen LogP contribution >= 0.6 is 0 Å². The molecule has 1 saturated heterocycles. The summed E-state index contributed by atoms with van der Waals surface area (Å²) < 4.78 is 11.0. The summed E-state index contributed by atoms with van der Waals surface area (Å²) in [5.74, 6) is 0.614. The van der Waals surface area contributed by atoms with Crippen LogP contribution in [-0.4, -0.2) is 32.1 Å². The van der Waals surface area contributed by atoms with Gasteiger partial charge in [0.25, 0.3) is 5.91 Å². The van der Waals surface area contributed by atoms with E-state index in [2.05, 4.69) is 10.6 Å². The standard InChI is InChI=1S/C20H19N3O4/c1-12-16-11-15(26-2)6-7-17(16)27-18(12)19(24)22-13-4-3-5-14(10-13)23-9-8-21-20(23)25/h3-7,10-11H,8-9H2,1-2H3,(H,21,25)(H,22,24). The van der Waals surface area contributed by atoms with Gasteiger partial charge < -0.3 is 19.8 Å². The third-order valence-electron chi connectivity index (χ3n) is 4.62. The van der Waals surface area contributed by atoms with E-state index in [1.54, 1.807) is 42.3 Å². The zero-order chi connectivity index (χ0) is 19.0. The number of amides is 3. The number of ether oxygens (including phenoxy) is 1. The van der Waals surface area contributed by atoms with E-state index in [-0.39, 0.29) is 17.7 Å². The van der Waals surface area contributed by atoms with Crippen LogP contribution in [0.4, 0.5) is 16.2 Å². The molecular formula is C20H19N3O4. The van der Waals surface area contributed by atoms with Crippen LogP contribution < -0.4 is 20.3 Å². The summed E-state index contributed by atoms with van der Waals surface area (Å²) in [5.41, 5.74) is 2.70. The molecule has 7 heteroatoms. The molecule has 3 aromatic rings. The van der Waals surface area contributed by atoms with Crippen LogP contribution in [0.1, 0.15) is 16.1 Å². The molecule has 2 aromatic carbocycles. The minimum absolute atomic E-state index is 0.138. The van der Waals surface area contributed by atoms with Crippen molar-refractivity contribution in [2.75, 3.05) is 30.4 Å². The van der Waals surface area contributed by atoms with Gasteiger partial charge in [-0.25, -0.2) is 4.79 Å². The van der Waals surface area contributed by atoms with Crippen LogP contribution in [0, 0.1) is 6.92 Å². The minimum atomic E-state index is -0.342. The first-order chi connectivity index (χ1) is 13.1. The highest BCUT2D eigenvalue weighted by molar-refractivity contribution is 6.07. The summed E-state index contributed by atoms with van der Waals surface area (Å²) in [6, 6.07) is 12.5. The normalized spacial score (nSPS) is 13.7. The van der Waals surface area contributed by atoms with Crippen molar-refractivity contribution in [3.05, 3.63) is 53.8 Å². The van der Waals surface area contributed by atoms with Gasteiger partial charge in [-0.1, -0.05) is 6.07 Å². The van der Waals surface area contributed by atoms with E-state index in [4.69, 9.17) is 9.15 Å². The highest BCUT2D eigenvalue weighted by Gasteiger charge is 2.22. The SMILES string of the molecule is COc1ccc2oc(C(=O)Nc3cccc(N4CCNC4=O)c3)c(C)c2c1. The van der Waals surface area contributed by atoms with Crippen LogP contribution in [-0.2, 0) is 0 Å². The highest BCUT2D eigenvalue weighted by atomic mass is 16.5. The lowest BCUT2D eigenvalue weighted by atomic mass is 10.1. The Morgan fingerprint density at radius 1 is 1.26 bits per heavy atom. The molecule has 4 rings (SSSR count). The number of methoxy groups -OCH3 is 1. The fourth-order valence-electron chi connectivity index (χ4n) is 3.20. The van der Waals surface area contributed by atoms with Crippen molar-refractivity contribution in [1.29, 1.82) is 0 Å². The van der Waals surface area contributed by atoms with Gasteiger partial charge in [-0.3, -0.25) is 9.69 Å². The number of hydrogen-bond acceptors (Lipinski definition) is 4. The smallest absolute Gasteiger partial charge is 0.321 e. The lowest BCUT2D eigenvalue weighted by Gasteiger charge is -2.15. The average Bonchev–Trinajstić information content (AvgIpc) is 3.25. The van der Waals surface area contributed by atoms with E-state index >= 15 is 0 Å². The first-order valence-corrected chi connectivity index (χ1v) is 8.61. The molecule has 7 nitrogen and oxygen atoms in total. The number of hydrogen-bond donors (Lipinski definition) is 2. The Balaban J connectivity index is 1.60. The summed E-state index contributed by atoms with van der Waals surface area (Å²) in [5, 5.41) is 6.44. The van der Waals surface area contributed by atoms with Gasteiger partial charge >= 0.3 is 6.03 Å². The summed E-state index contributed by atoms with van der Waals surface area (Å²) in [4.78, 5) is 26.2. The van der Waals surface area contributed by atoms with Crippen molar-refractivity contribution in [2.45, 2.75) is 6.92 Å². The predicted molar refractivity (Wildman–Crippen MR) is 103 cm³/mol. The number of aryl methyl sites for hydroxylation is 1. The second-order valence-electron chi connectivity index (χ2n) is 6.31. The molecule has 0 aliphatic carbocycles. The van der Waals surface area contributed by atoms with Crippen molar-refractivity contribution in [2.24, 2.45) is 0 Å². The van der Waals surface area contributed by atoms with Crippen molar-refractivity contribution >= 4 is 34.3 Å². The Bertz CT molecular complexity index is 1040. The number of rotatable bonds is 4. The summed E-state index contributed by atoms with van der Waals surface area (Å²) in [6.45, 7) is 3.04. The molecule has 0 saturated carbocycles. The lowest BCUT2D eigenvalue weighted by Crippen LogP contribution is -2.27. The fraction of sp³-hybridized carbons (Fsp3) is 0.200. The van der Waals surface area contributed by atoms with E-state index in [1.165, 1.54) is 0 Å². The number of fused-ring (bicyclic) bond motifs is 1. The number of anilines is 2. The fourth-order valence-corrected chi connectivity index (χ4v) is 3.20. The monoisotopic (exact) mass is 365 g/mol. The second kappa shape index (κ2) is 6.68. The van der Waals surface area contributed by atoms with Gasteiger partial charge in [-0.15, -0.1) is 0 Å². The van der Waals surface area contributed by atoms with Crippen molar-refractivity contribution < 1.29 is 18.7 Å². The number of furan rings is 1. The Morgan fingerprint density at radius 3 is 2.85 bits per heavy atom. The van der Waals surface area contributed by atoms with Gasteiger partial charge in [0, 0.05) is 35.4 Å². The largest absolute Gasteiger partial charge is 0.497 e. The van der Waals surface area contributed by atoms with Gasteiger partial charge in [-0.2, -0.15) is 0 Å². The summed E-state index contributed by atoms with van der Waals surface area (Å²) >= 11 is 0. The molecule has 1 fully saturated rings. The maximum atomic E-state index is 12.7. The molecule has 0 radical (unpaired) electrons. The number of nitrogens with one attached hydrogen (secondary N) is 2. The zero-order valence-electron chi connectivity index (χ0n) is 15.0. The molecule has 0 bridgehead atoms. The molecule has 0 spiro atoms. The molecule has 138 valence electrons. The number of benzene rings is 2. The van der Waals surface area contributed by atoms with E-state index in [9.17, 15) is 9.59 Å². The van der Waals surface area contributed by atoms with E-state index in [1.807, 2.05) is 19.1 Å². The maximum Gasteiger partial charge on any atom is 0.321 e. The van der Waals surface area contributed by atoms with E-state index in [0.717, 1.165) is 16.6 Å². The van der Waals surface area contributed by atoms with Crippen molar-refractivity contribution in [1.82, 2.24) is 5.32 Å². The third kappa shape index (κ3) is 3.08. The molecule has 1 aliphatic heterocycles. The molecule has 2 N–H and O–H groups in total. The van der Waals surface area contributed by atoms with Crippen LogP contribution in [0.15, 0.2) is 46.9 Å². The van der Waals surface area contributed by atoms with Crippen LogP contribution in [0.2, 0.25) is 0 Å². The number of carbonyl (C=O) groups excluding carboxylic acids is 2. The minimum Gasteiger partial charge on any atom is -0.497 e. The first kappa shape index (κ1) is 17.0. The number of nitrogens with zero attached hydrogens (tertiary/aromatic N) is 1. The summed E-state index contributed by atoms with van der Waals surface area (Å²) in [7, 11) is 1.60. The zero-order valence-corrected chi connectivity index (χ0v) is 15.0. The average molecular weight is 365 g/mol. The summed E-state index contributed by atoms with van der Waals surface area (Å²) in [6.07, 6.45) is 0. The number of carbonyl (C=O) groups is 2. The highest BCUT2D eigenvalue weighted by Crippen LogP contribution is 2.29. The van der Waals surface area contributed by atoms with Crippen LogP contribution in [0.25, 0.3) is 11.0 Å². The van der Waals surface area contributed by atoms with Crippen LogP contribution in [0.5, 0.6) is 5.75 Å². The Kier molecular flexibility index (Phi) is 4.19. The van der Waals surface area contributed by atoms with Gasteiger partial charge in [0.15, 0.2) is 5.76 Å². The molecule has 1 aliphatic rings. The maximum absolute atomic E-state index is 12.7. The molecule has 3 amide bonds. The third-order valence-corrected chi connectivity index (χ3v) is 4.62. The van der Waals surface area contributed by atoms with Gasteiger partial charge in [0.1, 0.15) is 11.3 Å². The van der Waals surface area contributed by atoms with Crippen molar-refractivity contribution in [3.63, 3.8) is 0 Å². The molecule has 0 atom stereocenters. The second-order valence-corrected chi connectivity index (χ2v) is 6.31. The Labute approximate surface area is 155 Å². The first-order valence-electron chi connectivity index (χ1n) is 8.61. The van der Waals surface area contributed by atoms with Gasteiger partial charge in [0.2, 0.25) is 0 Å². The van der Waals surface area contributed by atoms with Gasteiger partial charge in [-0.05, 0) is 43.3 Å². The van der Waals surface area contributed by atoms with E-state index < -0.39 is 0 Å². The number of urea groups is 1. The molecule has 27 heavy (non-hydrogen) atoms. The predicted octanol–water partition coefficient (Wildman–Crippen LogP) is 3.53. The molecule has 2 heterocycles. The quantitative estimate of drug-likeness (QED) is 0.741.